The van der Waals surface area contributed by atoms with Crippen LogP contribution >= 0.6 is 0 Å². The second kappa shape index (κ2) is 10.2. The van der Waals surface area contributed by atoms with Gasteiger partial charge in [0.25, 0.3) is 0 Å². The summed E-state index contributed by atoms with van der Waals surface area (Å²) in [6, 6.07) is 16.4. The second-order valence-corrected chi connectivity index (χ2v) is 8.91. The summed E-state index contributed by atoms with van der Waals surface area (Å²) < 4.78 is 5.43. The van der Waals surface area contributed by atoms with E-state index in [0.717, 1.165) is 44.0 Å². The number of hydrogen-bond donors (Lipinski definition) is 0. The van der Waals surface area contributed by atoms with Crippen LogP contribution in [0.4, 0.5) is 0 Å². The predicted molar refractivity (Wildman–Crippen MR) is 124 cm³/mol. The number of piperazine rings is 1. The fourth-order valence-electron chi connectivity index (χ4n) is 4.76. The van der Waals surface area contributed by atoms with Crippen LogP contribution in [0.25, 0.3) is 0 Å². The zero-order chi connectivity index (χ0) is 22.5. The molecule has 0 aromatic heterocycles. The number of aryl methyl sites for hydroxylation is 1. The molecule has 0 radical (unpaired) electrons. The topological polar surface area (TPSA) is 53.1 Å². The molecule has 0 saturated carbocycles. The highest BCUT2D eigenvalue weighted by Gasteiger charge is 2.34. The molecule has 2 aromatic rings. The van der Waals surface area contributed by atoms with Crippen molar-refractivity contribution in [1.29, 1.82) is 0 Å². The Hall–Kier alpha value is -2.86. The highest BCUT2D eigenvalue weighted by molar-refractivity contribution is 5.84. The summed E-state index contributed by atoms with van der Waals surface area (Å²) >= 11 is 0. The molecular weight excluding hydrogens is 402 g/mol. The Kier molecular flexibility index (Phi) is 7.10. The summed E-state index contributed by atoms with van der Waals surface area (Å²) in [5.74, 6) is 0.963. The molecule has 0 aliphatic carbocycles. The van der Waals surface area contributed by atoms with Gasteiger partial charge in [-0.2, -0.15) is 0 Å². The Morgan fingerprint density at radius 3 is 2.56 bits per heavy atom. The average molecular weight is 436 g/mol. The third kappa shape index (κ3) is 5.30. The third-order valence-corrected chi connectivity index (χ3v) is 6.58. The lowest BCUT2D eigenvalue weighted by atomic mass is 9.95. The van der Waals surface area contributed by atoms with E-state index in [-0.39, 0.29) is 17.7 Å². The molecule has 2 aromatic carbocycles. The molecule has 2 fully saturated rings. The zero-order valence-corrected chi connectivity index (χ0v) is 19.1. The van der Waals surface area contributed by atoms with Gasteiger partial charge >= 0.3 is 0 Å². The molecular formula is C26H33N3O3. The van der Waals surface area contributed by atoms with Crippen molar-refractivity contribution in [2.75, 3.05) is 39.8 Å². The molecule has 6 nitrogen and oxygen atoms in total. The Labute approximate surface area is 190 Å². The van der Waals surface area contributed by atoms with Gasteiger partial charge in [-0.05, 0) is 25.0 Å². The number of amides is 2. The summed E-state index contributed by atoms with van der Waals surface area (Å²) in [5.41, 5.74) is 3.57. The molecule has 6 heteroatoms. The number of nitrogens with zero attached hydrogens (tertiary/aromatic N) is 3. The molecule has 2 amide bonds. The van der Waals surface area contributed by atoms with E-state index in [2.05, 4.69) is 36.1 Å². The van der Waals surface area contributed by atoms with Crippen molar-refractivity contribution in [2.45, 2.75) is 32.9 Å². The van der Waals surface area contributed by atoms with Crippen molar-refractivity contribution in [3.8, 4) is 5.75 Å². The number of piperidine rings is 1. The molecule has 0 N–H and O–H groups in total. The number of para-hydroxylation sites is 1. The minimum atomic E-state index is -0.120. The van der Waals surface area contributed by atoms with Crippen LogP contribution in [0.2, 0.25) is 0 Å². The van der Waals surface area contributed by atoms with Gasteiger partial charge in [0.05, 0.1) is 13.0 Å². The Balaban J connectivity index is 1.32. The van der Waals surface area contributed by atoms with E-state index < -0.39 is 0 Å². The van der Waals surface area contributed by atoms with E-state index in [9.17, 15) is 9.59 Å². The van der Waals surface area contributed by atoms with Crippen molar-refractivity contribution >= 4 is 11.8 Å². The molecule has 0 bridgehead atoms. The highest BCUT2D eigenvalue weighted by Crippen LogP contribution is 2.25. The maximum atomic E-state index is 13.2. The summed E-state index contributed by atoms with van der Waals surface area (Å²) in [6.07, 6.45) is 1.07. The smallest absolute Gasteiger partial charge is 0.227 e. The quantitative estimate of drug-likeness (QED) is 0.700. The summed E-state index contributed by atoms with van der Waals surface area (Å²) in [6.45, 7) is 7.28. The predicted octanol–water partition coefficient (Wildman–Crippen LogP) is 3.09. The van der Waals surface area contributed by atoms with Crippen molar-refractivity contribution < 1.29 is 14.3 Å². The van der Waals surface area contributed by atoms with Crippen LogP contribution < -0.4 is 4.74 Å². The normalized spacial score (nSPS) is 19.8. The molecule has 1 unspecified atom stereocenters. The van der Waals surface area contributed by atoms with Gasteiger partial charge in [0, 0.05) is 57.8 Å². The van der Waals surface area contributed by atoms with Crippen LogP contribution in [0.5, 0.6) is 5.75 Å². The van der Waals surface area contributed by atoms with Crippen molar-refractivity contribution in [2.24, 2.45) is 5.92 Å². The average Bonchev–Trinajstić information content (AvgIpc) is 2.81. The molecule has 1 atom stereocenters. The zero-order valence-electron chi connectivity index (χ0n) is 19.1. The number of benzene rings is 2. The monoisotopic (exact) mass is 435 g/mol. The molecule has 170 valence electrons. The van der Waals surface area contributed by atoms with Crippen LogP contribution in [0.3, 0.4) is 0 Å². The maximum absolute atomic E-state index is 13.2. The fraction of sp³-hybridized carbons (Fsp3) is 0.462. The molecule has 2 aliphatic heterocycles. The first-order valence-corrected chi connectivity index (χ1v) is 11.5. The van der Waals surface area contributed by atoms with E-state index in [1.54, 1.807) is 7.11 Å². The van der Waals surface area contributed by atoms with Crippen molar-refractivity contribution in [1.82, 2.24) is 14.7 Å². The number of rotatable bonds is 6. The fourth-order valence-corrected chi connectivity index (χ4v) is 4.76. The summed E-state index contributed by atoms with van der Waals surface area (Å²) in [5, 5.41) is 0. The summed E-state index contributed by atoms with van der Waals surface area (Å²) in [7, 11) is 1.64. The Morgan fingerprint density at radius 1 is 1.03 bits per heavy atom. The largest absolute Gasteiger partial charge is 0.496 e. The van der Waals surface area contributed by atoms with Crippen molar-refractivity contribution in [3.05, 3.63) is 65.2 Å². The molecule has 0 spiro atoms. The van der Waals surface area contributed by atoms with Crippen LogP contribution in [-0.4, -0.2) is 66.3 Å². The standard InChI is InChI=1S/C26H33N3O3/c1-20-6-5-7-21(16-20)17-27-12-14-28(15-13-27)26(31)23-10-11-25(30)29(19-23)18-22-8-3-4-9-24(22)32-2/h3-9,16,23H,10-15,17-19H2,1-2H3. The highest BCUT2D eigenvalue weighted by atomic mass is 16.5. The minimum Gasteiger partial charge on any atom is -0.496 e. The molecule has 2 aliphatic rings. The van der Waals surface area contributed by atoms with Gasteiger partial charge in [-0.3, -0.25) is 14.5 Å². The first-order chi connectivity index (χ1) is 15.5. The van der Waals surface area contributed by atoms with Gasteiger partial charge in [0.2, 0.25) is 11.8 Å². The molecule has 2 heterocycles. The second-order valence-electron chi connectivity index (χ2n) is 8.91. The Morgan fingerprint density at radius 2 is 1.81 bits per heavy atom. The van der Waals surface area contributed by atoms with Gasteiger partial charge in [0.1, 0.15) is 5.75 Å². The lowest BCUT2D eigenvalue weighted by Crippen LogP contribution is -2.52. The SMILES string of the molecule is COc1ccccc1CN1CC(C(=O)N2CCN(Cc3cccc(C)c3)CC2)CCC1=O. The number of ether oxygens (including phenoxy) is 1. The van der Waals surface area contributed by atoms with Crippen LogP contribution in [0, 0.1) is 12.8 Å². The van der Waals surface area contributed by atoms with E-state index in [0.29, 0.717) is 25.9 Å². The number of methoxy groups -OCH3 is 1. The van der Waals surface area contributed by atoms with Gasteiger partial charge in [-0.15, -0.1) is 0 Å². The lowest BCUT2D eigenvalue weighted by Gasteiger charge is -2.39. The third-order valence-electron chi connectivity index (χ3n) is 6.58. The van der Waals surface area contributed by atoms with Crippen molar-refractivity contribution in [3.63, 3.8) is 0 Å². The maximum Gasteiger partial charge on any atom is 0.227 e. The number of carbonyl (C=O) groups excluding carboxylic acids is 2. The number of likely N-dealkylation sites (tertiary alicyclic amines) is 1. The number of hydrogen-bond acceptors (Lipinski definition) is 4. The van der Waals surface area contributed by atoms with Crippen LogP contribution in [-0.2, 0) is 22.7 Å². The number of carbonyl (C=O) groups is 2. The van der Waals surface area contributed by atoms with Gasteiger partial charge < -0.3 is 14.5 Å². The molecule has 4 rings (SSSR count). The minimum absolute atomic E-state index is 0.114. The first-order valence-electron chi connectivity index (χ1n) is 11.5. The van der Waals surface area contributed by atoms with Gasteiger partial charge in [-0.1, -0.05) is 48.0 Å². The van der Waals surface area contributed by atoms with Crippen LogP contribution in [0.1, 0.15) is 29.5 Å². The van der Waals surface area contributed by atoms with E-state index in [1.807, 2.05) is 34.1 Å². The van der Waals surface area contributed by atoms with Crippen LogP contribution in [0.15, 0.2) is 48.5 Å². The molecule has 32 heavy (non-hydrogen) atoms. The van der Waals surface area contributed by atoms with Gasteiger partial charge in [-0.25, -0.2) is 0 Å². The first kappa shape index (κ1) is 22.3. The lowest BCUT2D eigenvalue weighted by molar-refractivity contribution is -0.144. The van der Waals surface area contributed by atoms with E-state index >= 15 is 0 Å². The van der Waals surface area contributed by atoms with Gasteiger partial charge in [0.15, 0.2) is 0 Å². The summed E-state index contributed by atoms with van der Waals surface area (Å²) in [4.78, 5) is 32.0. The van der Waals surface area contributed by atoms with E-state index in [4.69, 9.17) is 4.74 Å². The Bertz CT molecular complexity index is 953. The van der Waals surface area contributed by atoms with E-state index in [1.165, 1.54) is 11.1 Å². The molecule has 2 saturated heterocycles.